The average molecular weight is 265 g/mol. The molecule has 0 bridgehead atoms. The quantitative estimate of drug-likeness (QED) is 0.828. The van der Waals surface area contributed by atoms with Gasteiger partial charge in [0.05, 0.1) is 0 Å². The van der Waals surface area contributed by atoms with E-state index in [-0.39, 0.29) is 22.8 Å². The molecule has 1 amide bonds. The molecule has 0 saturated heterocycles. The number of carboxylic acids is 1. The molecular formula is C14H19NO4. The number of aromatic carboxylic acids is 1. The summed E-state index contributed by atoms with van der Waals surface area (Å²) in [5.41, 5.74) is 0.243. The summed E-state index contributed by atoms with van der Waals surface area (Å²) in [6, 6.07) is 2.69. The van der Waals surface area contributed by atoms with Crippen LogP contribution in [-0.4, -0.2) is 23.5 Å². The van der Waals surface area contributed by atoms with Gasteiger partial charge in [-0.3, -0.25) is 4.79 Å². The zero-order valence-corrected chi connectivity index (χ0v) is 11.1. The van der Waals surface area contributed by atoms with Crippen molar-refractivity contribution < 1.29 is 19.1 Å². The van der Waals surface area contributed by atoms with Gasteiger partial charge >= 0.3 is 5.97 Å². The SMILES string of the molecule is CCCC1(CNC(=O)c2ccc(C(=O)O)o2)CCC1. The Bertz CT molecular complexity index is 474. The predicted molar refractivity (Wildman–Crippen MR) is 69.2 cm³/mol. The minimum Gasteiger partial charge on any atom is -0.475 e. The van der Waals surface area contributed by atoms with Gasteiger partial charge in [-0.25, -0.2) is 4.79 Å². The van der Waals surface area contributed by atoms with Gasteiger partial charge in [-0.1, -0.05) is 19.8 Å². The molecule has 1 aliphatic rings. The fourth-order valence-electron chi connectivity index (χ4n) is 2.65. The standard InChI is InChI=1S/C14H19NO4/c1-2-6-14(7-3-8-14)9-15-12(16)10-4-5-11(19-10)13(17)18/h4-5H,2-3,6-9H2,1H3,(H,15,16)(H,17,18). The Balaban J connectivity index is 1.91. The van der Waals surface area contributed by atoms with Crippen molar-refractivity contribution in [1.29, 1.82) is 0 Å². The van der Waals surface area contributed by atoms with Gasteiger partial charge in [0.2, 0.25) is 5.76 Å². The first kappa shape index (κ1) is 13.6. The highest BCUT2D eigenvalue weighted by molar-refractivity contribution is 5.93. The van der Waals surface area contributed by atoms with Crippen LogP contribution in [0.25, 0.3) is 0 Å². The second kappa shape index (κ2) is 5.47. The molecule has 5 heteroatoms. The molecule has 2 N–H and O–H groups in total. The third-order valence-corrected chi connectivity index (χ3v) is 3.86. The van der Waals surface area contributed by atoms with Gasteiger partial charge in [0.25, 0.3) is 5.91 Å². The number of carbonyl (C=O) groups is 2. The molecule has 0 unspecified atom stereocenters. The second-order valence-corrected chi connectivity index (χ2v) is 5.26. The predicted octanol–water partition coefficient (Wildman–Crippen LogP) is 2.68. The van der Waals surface area contributed by atoms with Gasteiger partial charge in [0.15, 0.2) is 5.76 Å². The molecule has 19 heavy (non-hydrogen) atoms. The maximum Gasteiger partial charge on any atom is 0.371 e. The number of furan rings is 1. The van der Waals surface area contributed by atoms with E-state index in [1.165, 1.54) is 18.6 Å². The Labute approximate surface area is 112 Å². The minimum atomic E-state index is -1.17. The van der Waals surface area contributed by atoms with Crippen molar-refractivity contribution in [2.24, 2.45) is 5.41 Å². The fourth-order valence-corrected chi connectivity index (χ4v) is 2.65. The van der Waals surface area contributed by atoms with Gasteiger partial charge in [-0.15, -0.1) is 0 Å². The minimum absolute atomic E-state index is 0.0587. The molecule has 1 saturated carbocycles. The summed E-state index contributed by atoms with van der Waals surface area (Å²) in [7, 11) is 0. The third kappa shape index (κ3) is 2.97. The van der Waals surface area contributed by atoms with Crippen molar-refractivity contribution in [1.82, 2.24) is 5.32 Å². The Hall–Kier alpha value is -1.78. The summed E-state index contributed by atoms with van der Waals surface area (Å²) < 4.78 is 4.97. The van der Waals surface area contributed by atoms with Crippen LogP contribution in [0.5, 0.6) is 0 Å². The summed E-state index contributed by atoms with van der Waals surface area (Å²) >= 11 is 0. The lowest BCUT2D eigenvalue weighted by Gasteiger charge is -2.42. The van der Waals surface area contributed by atoms with E-state index in [0.29, 0.717) is 6.54 Å². The van der Waals surface area contributed by atoms with E-state index in [1.54, 1.807) is 0 Å². The number of rotatable bonds is 6. The van der Waals surface area contributed by atoms with Gasteiger partial charge in [0, 0.05) is 6.54 Å². The van der Waals surface area contributed by atoms with Crippen LogP contribution in [-0.2, 0) is 0 Å². The molecule has 0 aliphatic heterocycles. The molecular weight excluding hydrogens is 246 g/mol. The topological polar surface area (TPSA) is 79.5 Å². The van der Waals surface area contributed by atoms with Crippen LogP contribution in [0.15, 0.2) is 16.5 Å². The van der Waals surface area contributed by atoms with E-state index >= 15 is 0 Å². The molecule has 1 aromatic rings. The molecule has 1 aliphatic carbocycles. The molecule has 5 nitrogen and oxygen atoms in total. The van der Waals surface area contributed by atoms with E-state index in [2.05, 4.69) is 12.2 Å². The Kier molecular flexibility index (Phi) is 3.93. The van der Waals surface area contributed by atoms with Crippen molar-refractivity contribution in [2.75, 3.05) is 6.54 Å². The van der Waals surface area contributed by atoms with Crippen molar-refractivity contribution in [3.8, 4) is 0 Å². The molecule has 104 valence electrons. The summed E-state index contributed by atoms with van der Waals surface area (Å²) in [6.45, 7) is 2.79. The maximum atomic E-state index is 11.9. The van der Waals surface area contributed by atoms with Crippen LogP contribution >= 0.6 is 0 Å². The van der Waals surface area contributed by atoms with E-state index < -0.39 is 5.97 Å². The molecule has 1 aromatic heterocycles. The molecule has 1 heterocycles. The van der Waals surface area contributed by atoms with Crippen LogP contribution in [0.2, 0.25) is 0 Å². The van der Waals surface area contributed by atoms with Gasteiger partial charge in [-0.05, 0) is 36.8 Å². The zero-order valence-electron chi connectivity index (χ0n) is 11.1. The van der Waals surface area contributed by atoms with Gasteiger partial charge in [-0.2, -0.15) is 0 Å². The van der Waals surface area contributed by atoms with Crippen LogP contribution in [0.1, 0.15) is 60.1 Å². The van der Waals surface area contributed by atoms with Crippen LogP contribution < -0.4 is 5.32 Å². The lowest BCUT2D eigenvalue weighted by atomic mass is 9.66. The van der Waals surface area contributed by atoms with E-state index in [1.807, 2.05) is 0 Å². The lowest BCUT2D eigenvalue weighted by molar-refractivity contribution is 0.0657. The normalized spacial score (nSPS) is 16.7. The number of carbonyl (C=O) groups excluding carboxylic acids is 1. The van der Waals surface area contributed by atoms with E-state index in [0.717, 1.165) is 25.7 Å². The monoisotopic (exact) mass is 265 g/mol. The van der Waals surface area contributed by atoms with Crippen molar-refractivity contribution in [3.63, 3.8) is 0 Å². The second-order valence-electron chi connectivity index (χ2n) is 5.26. The van der Waals surface area contributed by atoms with E-state index in [4.69, 9.17) is 9.52 Å². The van der Waals surface area contributed by atoms with Crippen LogP contribution in [0, 0.1) is 5.41 Å². The van der Waals surface area contributed by atoms with Crippen molar-refractivity contribution in [3.05, 3.63) is 23.7 Å². The van der Waals surface area contributed by atoms with Crippen LogP contribution in [0.3, 0.4) is 0 Å². The molecule has 0 atom stereocenters. The Morgan fingerprint density at radius 1 is 1.37 bits per heavy atom. The number of carboxylic acid groups (broad SMARTS) is 1. The molecule has 1 fully saturated rings. The number of hydrogen-bond acceptors (Lipinski definition) is 3. The number of nitrogens with one attached hydrogen (secondary N) is 1. The van der Waals surface area contributed by atoms with E-state index in [9.17, 15) is 9.59 Å². The maximum absolute atomic E-state index is 11.9. The highest BCUT2D eigenvalue weighted by atomic mass is 16.4. The molecule has 0 radical (unpaired) electrons. The van der Waals surface area contributed by atoms with Crippen LogP contribution in [0.4, 0.5) is 0 Å². The number of hydrogen-bond donors (Lipinski definition) is 2. The molecule has 2 rings (SSSR count). The summed E-state index contributed by atoms with van der Waals surface area (Å²) in [4.78, 5) is 22.5. The van der Waals surface area contributed by atoms with Gasteiger partial charge in [0.1, 0.15) is 0 Å². The first-order valence-corrected chi connectivity index (χ1v) is 6.68. The summed E-state index contributed by atoms with van der Waals surface area (Å²) in [5.74, 6) is -1.66. The first-order chi connectivity index (χ1) is 9.06. The summed E-state index contributed by atoms with van der Waals surface area (Å²) in [5, 5.41) is 11.6. The highest BCUT2D eigenvalue weighted by Gasteiger charge is 2.36. The fraction of sp³-hybridized carbons (Fsp3) is 0.571. The van der Waals surface area contributed by atoms with Crippen molar-refractivity contribution in [2.45, 2.75) is 39.0 Å². The highest BCUT2D eigenvalue weighted by Crippen LogP contribution is 2.44. The Morgan fingerprint density at radius 3 is 2.53 bits per heavy atom. The summed E-state index contributed by atoms with van der Waals surface area (Å²) in [6.07, 6.45) is 5.75. The zero-order chi connectivity index (χ0) is 13.9. The van der Waals surface area contributed by atoms with Crippen molar-refractivity contribution >= 4 is 11.9 Å². The molecule has 0 aromatic carbocycles. The number of amides is 1. The Morgan fingerprint density at radius 2 is 2.05 bits per heavy atom. The van der Waals surface area contributed by atoms with Gasteiger partial charge < -0.3 is 14.8 Å². The smallest absolute Gasteiger partial charge is 0.371 e. The molecule has 0 spiro atoms. The third-order valence-electron chi connectivity index (χ3n) is 3.86. The first-order valence-electron chi connectivity index (χ1n) is 6.68. The lowest BCUT2D eigenvalue weighted by Crippen LogP contribution is -2.42. The average Bonchev–Trinajstić information content (AvgIpc) is 2.81. The largest absolute Gasteiger partial charge is 0.475 e.